The summed E-state index contributed by atoms with van der Waals surface area (Å²) in [6.07, 6.45) is 3.67. The number of aromatic nitrogens is 2. The van der Waals surface area contributed by atoms with Gasteiger partial charge in [0.25, 0.3) is 0 Å². The number of nitrogens with zero attached hydrogens (tertiary/aromatic N) is 2. The van der Waals surface area contributed by atoms with Gasteiger partial charge in [-0.1, -0.05) is 6.07 Å². The maximum absolute atomic E-state index is 5.42. The topological polar surface area (TPSA) is 39.1 Å². The Morgan fingerprint density at radius 1 is 1.33 bits per heavy atom. The fourth-order valence-corrected chi connectivity index (χ4v) is 2.07. The van der Waals surface area contributed by atoms with Crippen molar-refractivity contribution in [2.24, 2.45) is 7.05 Å². The van der Waals surface area contributed by atoms with Crippen LogP contribution in [0.3, 0.4) is 0 Å². The van der Waals surface area contributed by atoms with E-state index in [4.69, 9.17) is 4.74 Å². The van der Waals surface area contributed by atoms with Crippen molar-refractivity contribution < 1.29 is 4.74 Å². The van der Waals surface area contributed by atoms with Gasteiger partial charge >= 0.3 is 0 Å². The third-order valence-corrected chi connectivity index (χ3v) is 3.18. The molecule has 0 radical (unpaired) electrons. The van der Waals surface area contributed by atoms with Gasteiger partial charge in [0.15, 0.2) is 0 Å². The Morgan fingerprint density at radius 2 is 2.11 bits per heavy atom. The number of hydrogen-bond acceptors (Lipinski definition) is 3. The monoisotopic (exact) mass is 245 g/mol. The zero-order valence-corrected chi connectivity index (χ0v) is 11.3. The lowest BCUT2D eigenvalue weighted by Crippen LogP contribution is -2.06. The number of rotatable bonds is 4. The molecule has 18 heavy (non-hydrogen) atoms. The molecule has 96 valence electrons. The number of anilines is 1. The summed E-state index contributed by atoms with van der Waals surface area (Å²) < 4.78 is 7.43. The van der Waals surface area contributed by atoms with Crippen LogP contribution in [0.25, 0.3) is 0 Å². The Hall–Kier alpha value is -1.97. The third-order valence-electron chi connectivity index (χ3n) is 3.18. The minimum absolute atomic E-state index is 0.754. The van der Waals surface area contributed by atoms with E-state index in [0.29, 0.717) is 0 Å². The predicted molar refractivity (Wildman–Crippen MR) is 73.0 cm³/mol. The number of imidazole rings is 1. The summed E-state index contributed by atoms with van der Waals surface area (Å²) in [4.78, 5) is 4.10. The van der Waals surface area contributed by atoms with Crippen LogP contribution in [0.5, 0.6) is 5.75 Å². The van der Waals surface area contributed by atoms with E-state index in [1.54, 1.807) is 13.4 Å². The summed E-state index contributed by atoms with van der Waals surface area (Å²) in [5.41, 5.74) is 4.54. The zero-order chi connectivity index (χ0) is 13.1. The molecule has 0 spiro atoms. The molecule has 2 aromatic rings. The molecule has 0 aliphatic heterocycles. The molecule has 0 fully saturated rings. The zero-order valence-electron chi connectivity index (χ0n) is 11.3. The Kier molecular flexibility index (Phi) is 3.55. The van der Waals surface area contributed by atoms with Gasteiger partial charge < -0.3 is 14.6 Å². The third kappa shape index (κ3) is 2.32. The lowest BCUT2D eigenvalue weighted by atomic mass is 10.1. The summed E-state index contributed by atoms with van der Waals surface area (Å²) in [5.74, 6) is 0.949. The van der Waals surface area contributed by atoms with Gasteiger partial charge in [-0.3, -0.25) is 0 Å². The maximum Gasteiger partial charge on any atom is 0.126 e. The van der Waals surface area contributed by atoms with Gasteiger partial charge in [0.2, 0.25) is 0 Å². The van der Waals surface area contributed by atoms with E-state index in [0.717, 1.165) is 34.8 Å². The molecule has 2 rings (SSSR count). The Morgan fingerprint density at radius 3 is 2.72 bits per heavy atom. The molecule has 0 unspecified atom stereocenters. The smallest absolute Gasteiger partial charge is 0.126 e. The Balaban J connectivity index is 2.18. The molecule has 1 N–H and O–H groups in total. The molecule has 4 nitrogen and oxygen atoms in total. The molecule has 0 aliphatic carbocycles. The van der Waals surface area contributed by atoms with Crippen LogP contribution in [0.15, 0.2) is 24.7 Å². The molecule has 1 heterocycles. The molecule has 0 saturated heterocycles. The van der Waals surface area contributed by atoms with Crippen LogP contribution in [-0.2, 0) is 13.6 Å². The van der Waals surface area contributed by atoms with Crippen molar-refractivity contribution in [3.63, 3.8) is 0 Å². The fraction of sp³-hybridized carbons (Fsp3) is 0.357. The van der Waals surface area contributed by atoms with Crippen LogP contribution in [0, 0.1) is 13.8 Å². The highest BCUT2D eigenvalue weighted by Gasteiger charge is 2.08. The predicted octanol–water partition coefficient (Wildman–Crippen LogP) is 2.66. The second kappa shape index (κ2) is 5.12. The van der Waals surface area contributed by atoms with Gasteiger partial charge in [-0.2, -0.15) is 0 Å². The molecule has 0 aliphatic rings. The molecule has 1 aromatic carbocycles. The van der Waals surface area contributed by atoms with Crippen molar-refractivity contribution in [3.05, 3.63) is 41.5 Å². The summed E-state index contributed by atoms with van der Waals surface area (Å²) in [5, 5.41) is 3.42. The normalized spacial score (nSPS) is 10.4. The summed E-state index contributed by atoms with van der Waals surface area (Å²) in [7, 11) is 3.70. The van der Waals surface area contributed by atoms with Crippen molar-refractivity contribution in [3.8, 4) is 5.75 Å². The van der Waals surface area contributed by atoms with Gasteiger partial charge in [-0.25, -0.2) is 4.98 Å². The van der Waals surface area contributed by atoms with Crippen LogP contribution in [-0.4, -0.2) is 16.7 Å². The van der Waals surface area contributed by atoms with E-state index in [9.17, 15) is 0 Å². The van der Waals surface area contributed by atoms with Crippen LogP contribution in [0.2, 0.25) is 0 Å². The van der Waals surface area contributed by atoms with Crippen molar-refractivity contribution >= 4 is 5.69 Å². The van der Waals surface area contributed by atoms with Crippen LogP contribution < -0.4 is 10.1 Å². The first kappa shape index (κ1) is 12.5. The van der Waals surface area contributed by atoms with Crippen molar-refractivity contribution in [2.75, 3.05) is 12.4 Å². The van der Waals surface area contributed by atoms with Crippen molar-refractivity contribution in [2.45, 2.75) is 20.4 Å². The largest absolute Gasteiger partial charge is 0.496 e. The molecule has 1 aromatic heterocycles. The number of aryl methyl sites for hydroxylation is 2. The van der Waals surface area contributed by atoms with Crippen molar-refractivity contribution in [1.82, 2.24) is 9.55 Å². The second-order valence-corrected chi connectivity index (χ2v) is 4.44. The van der Waals surface area contributed by atoms with Gasteiger partial charge in [-0.15, -0.1) is 0 Å². The molecule has 0 bridgehead atoms. The molecule has 0 saturated carbocycles. The van der Waals surface area contributed by atoms with E-state index < -0.39 is 0 Å². The van der Waals surface area contributed by atoms with Crippen LogP contribution in [0.4, 0.5) is 5.69 Å². The summed E-state index contributed by atoms with van der Waals surface area (Å²) in [6, 6.07) is 4.15. The minimum atomic E-state index is 0.754. The van der Waals surface area contributed by atoms with Crippen LogP contribution >= 0.6 is 0 Å². The SMILES string of the molecule is COc1c(C)ccc(NCc2cncn2C)c1C. The van der Waals surface area contributed by atoms with E-state index >= 15 is 0 Å². The van der Waals surface area contributed by atoms with E-state index in [-0.39, 0.29) is 0 Å². The molecular weight excluding hydrogens is 226 g/mol. The minimum Gasteiger partial charge on any atom is -0.496 e. The second-order valence-electron chi connectivity index (χ2n) is 4.44. The Labute approximate surface area is 108 Å². The lowest BCUT2D eigenvalue weighted by Gasteiger charge is -2.14. The average molecular weight is 245 g/mol. The molecule has 0 amide bonds. The van der Waals surface area contributed by atoms with E-state index in [1.807, 2.05) is 17.8 Å². The van der Waals surface area contributed by atoms with Gasteiger partial charge in [0.05, 0.1) is 25.7 Å². The van der Waals surface area contributed by atoms with Gasteiger partial charge in [-0.05, 0) is 25.5 Å². The van der Waals surface area contributed by atoms with E-state index in [2.05, 4.69) is 36.3 Å². The molecular formula is C14H19N3O. The van der Waals surface area contributed by atoms with Gasteiger partial charge in [0, 0.05) is 24.5 Å². The highest BCUT2D eigenvalue weighted by atomic mass is 16.5. The number of ether oxygens (including phenoxy) is 1. The highest BCUT2D eigenvalue weighted by molar-refractivity contribution is 5.59. The van der Waals surface area contributed by atoms with Crippen molar-refractivity contribution in [1.29, 1.82) is 0 Å². The summed E-state index contributed by atoms with van der Waals surface area (Å²) >= 11 is 0. The quantitative estimate of drug-likeness (QED) is 0.900. The fourth-order valence-electron chi connectivity index (χ4n) is 2.07. The average Bonchev–Trinajstić information content (AvgIpc) is 2.75. The first-order chi connectivity index (χ1) is 8.63. The number of methoxy groups -OCH3 is 1. The summed E-state index contributed by atoms with van der Waals surface area (Å²) in [6.45, 7) is 4.87. The van der Waals surface area contributed by atoms with E-state index in [1.165, 1.54) is 0 Å². The van der Waals surface area contributed by atoms with Crippen LogP contribution in [0.1, 0.15) is 16.8 Å². The molecule has 4 heteroatoms. The Bertz CT molecular complexity index is 546. The highest BCUT2D eigenvalue weighted by Crippen LogP contribution is 2.29. The molecule has 0 atom stereocenters. The number of hydrogen-bond donors (Lipinski definition) is 1. The number of nitrogens with one attached hydrogen (secondary N) is 1. The first-order valence-corrected chi connectivity index (χ1v) is 5.96. The number of benzene rings is 1. The lowest BCUT2D eigenvalue weighted by molar-refractivity contribution is 0.409. The standard InChI is InChI=1S/C14H19N3O/c1-10-5-6-13(11(2)14(10)18-4)16-8-12-7-15-9-17(12)3/h5-7,9,16H,8H2,1-4H3. The van der Waals surface area contributed by atoms with Gasteiger partial charge in [0.1, 0.15) is 5.75 Å². The maximum atomic E-state index is 5.42. The first-order valence-electron chi connectivity index (χ1n) is 5.96.